The second-order valence-electron chi connectivity index (χ2n) is 6.07. The Morgan fingerprint density at radius 3 is 2.96 bits per heavy atom. The summed E-state index contributed by atoms with van der Waals surface area (Å²) in [4.78, 5) is 19.2. The Hall–Kier alpha value is -1.73. The molecule has 122 valence electrons. The van der Waals surface area contributed by atoms with Gasteiger partial charge in [0.05, 0.1) is 23.8 Å². The zero-order valence-corrected chi connectivity index (χ0v) is 14.1. The lowest BCUT2D eigenvalue weighted by Crippen LogP contribution is -2.43. The molecule has 4 rings (SSSR count). The van der Waals surface area contributed by atoms with Gasteiger partial charge in [0.2, 0.25) is 0 Å². The molecule has 2 aromatic heterocycles. The Kier molecular flexibility index (Phi) is 4.13. The molecule has 4 heterocycles. The molecule has 0 spiro atoms. The van der Waals surface area contributed by atoms with E-state index in [0.717, 1.165) is 51.4 Å². The Morgan fingerprint density at radius 1 is 1.35 bits per heavy atom. The van der Waals surface area contributed by atoms with E-state index in [9.17, 15) is 0 Å². The first-order valence-electron chi connectivity index (χ1n) is 8.11. The van der Waals surface area contributed by atoms with Gasteiger partial charge in [-0.3, -0.25) is 0 Å². The Labute approximate surface area is 140 Å². The molecule has 0 radical (unpaired) electrons. The highest BCUT2D eigenvalue weighted by Crippen LogP contribution is 2.32. The van der Waals surface area contributed by atoms with E-state index in [1.54, 1.807) is 23.9 Å². The number of hydrogen-bond donors (Lipinski definition) is 0. The van der Waals surface area contributed by atoms with Gasteiger partial charge in [0.15, 0.2) is 5.13 Å². The van der Waals surface area contributed by atoms with E-state index in [4.69, 9.17) is 9.72 Å². The summed E-state index contributed by atoms with van der Waals surface area (Å²) in [5, 5.41) is 1.17. The van der Waals surface area contributed by atoms with Gasteiger partial charge in [-0.05, 0) is 18.9 Å². The highest BCUT2D eigenvalue weighted by atomic mass is 32.1. The molecule has 2 aliphatic rings. The summed E-state index contributed by atoms with van der Waals surface area (Å²) in [6, 6.07) is 2.50. The molecule has 0 aliphatic carbocycles. The predicted molar refractivity (Wildman–Crippen MR) is 91.1 cm³/mol. The Bertz CT molecular complexity index is 630. The summed E-state index contributed by atoms with van der Waals surface area (Å²) < 4.78 is 5.53. The lowest BCUT2D eigenvalue weighted by Gasteiger charge is -2.37. The fourth-order valence-electron chi connectivity index (χ4n) is 3.27. The van der Waals surface area contributed by atoms with E-state index in [-0.39, 0.29) is 0 Å². The van der Waals surface area contributed by atoms with Crippen LogP contribution in [0.1, 0.15) is 23.4 Å². The molecule has 0 bridgehead atoms. The third-order valence-electron chi connectivity index (χ3n) is 4.69. The van der Waals surface area contributed by atoms with Crippen molar-refractivity contribution in [3.05, 3.63) is 29.2 Å². The number of hydrogen-bond acceptors (Lipinski definition) is 7. The SMILES string of the molecule is CN(c1ccncn1)C1CCN(c2nc3c(s2)COCC3)CC1. The van der Waals surface area contributed by atoms with Crippen molar-refractivity contribution in [3.8, 4) is 0 Å². The molecular weight excluding hydrogens is 310 g/mol. The lowest BCUT2D eigenvalue weighted by atomic mass is 10.0. The molecule has 2 aliphatic heterocycles. The average molecular weight is 331 g/mol. The van der Waals surface area contributed by atoms with Gasteiger partial charge in [0.25, 0.3) is 0 Å². The normalized spacial score (nSPS) is 18.7. The van der Waals surface area contributed by atoms with Crippen molar-refractivity contribution in [1.29, 1.82) is 0 Å². The zero-order chi connectivity index (χ0) is 15.6. The maximum absolute atomic E-state index is 5.53. The van der Waals surface area contributed by atoms with Crippen molar-refractivity contribution in [2.45, 2.75) is 31.9 Å². The molecule has 2 aromatic rings. The Morgan fingerprint density at radius 2 is 2.22 bits per heavy atom. The van der Waals surface area contributed by atoms with Crippen molar-refractivity contribution < 1.29 is 4.74 Å². The molecule has 6 nitrogen and oxygen atoms in total. The largest absolute Gasteiger partial charge is 0.375 e. The quantitative estimate of drug-likeness (QED) is 0.859. The number of anilines is 2. The van der Waals surface area contributed by atoms with Crippen LogP contribution in [0.4, 0.5) is 10.9 Å². The second-order valence-corrected chi connectivity index (χ2v) is 7.13. The van der Waals surface area contributed by atoms with E-state index in [1.165, 1.54) is 15.7 Å². The molecule has 0 N–H and O–H groups in total. The zero-order valence-electron chi connectivity index (χ0n) is 13.3. The van der Waals surface area contributed by atoms with Gasteiger partial charge < -0.3 is 14.5 Å². The van der Waals surface area contributed by atoms with Crippen LogP contribution in [0, 0.1) is 0 Å². The first-order chi connectivity index (χ1) is 11.3. The van der Waals surface area contributed by atoms with Crippen LogP contribution in [-0.2, 0) is 17.8 Å². The van der Waals surface area contributed by atoms with Crippen LogP contribution in [-0.4, -0.2) is 47.7 Å². The third-order valence-corrected chi connectivity index (χ3v) is 5.83. The fourth-order valence-corrected chi connectivity index (χ4v) is 4.37. The van der Waals surface area contributed by atoms with E-state index < -0.39 is 0 Å². The highest BCUT2D eigenvalue weighted by molar-refractivity contribution is 7.15. The van der Waals surface area contributed by atoms with E-state index in [1.807, 2.05) is 6.07 Å². The number of aromatic nitrogens is 3. The second kappa shape index (κ2) is 6.41. The predicted octanol–water partition coefficient (Wildman–Crippen LogP) is 2.11. The van der Waals surface area contributed by atoms with E-state index in [0.29, 0.717) is 6.04 Å². The van der Waals surface area contributed by atoms with Crippen molar-refractivity contribution in [1.82, 2.24) is 15.0 Å². The molecule has 0 unspecified atom stereocenters. The van der Waals surface area contributed by atoms with Crippen LogP contribution < -0.4 is 9.80 Å². The minimum Gasteiger partial charge on any atom is -0.375 e. The minimum absolute atomic E-state index is 0.527. The first kappa shape index (κ1) is 14.8. The van der Waals surface area contributed by atoms with Crippen molar-refractivity contribution in [3.63, 3.8) is 0 Å². The third kappa shape index (κ3) is 3.03. The van der Waals surface area contributed by atoms with Crippen molar-refractivity contribution in [2.24, 2.45) is 0 Å². The van der Waals surface area contributed by atoms with Crippen LogP contribution in [0.15, 0.2) is 18.6 Å². The first-order valence-corrected chi connectivity index (χ1v) is 8.93. The molecule has 23 heavy (non-hydrogen) atoms. The molecule has 1 saturated heterocycles. The van der Waals surface area contributed by atoms with Crippen LogP contribution in [0.3, 0.4) is 0 Å². The van der Waals surface area contributed by atoms with Gasteiger partial charge in [0, 0.05) is 38.8 Å². The summed E-state index contributed by atoms with van der Waals surface area (Å²) >= 11 is 1.80. The van der Waals surface area contributed by atoms with Gasteiger partial charge in [-0.15, -0.1) is 0 Å². The number of rotatable bonds is 3. The van der Waals surface area contributed by atoms with Crippen LogP contribution >= 0.6 is 11.3 Å². The topological polar surface area (TPSA) is 54.4 Å². The molecule has 0 saturated carbocycles. The molecule has 0 amide bonds. The van der Waals surface area contributed by atoms with Crippen LogP contribution in [0.5, 0.6) is 0 Å². The average Bonchev–Trinajstić information content (AvgIpc) is 3.06. The summed E-state index contributed by atoms with van der Waals surface area (Å²) in [5.74, 6) is 1.00. The van der Waals surface area contributed by atoms with Crippen molar-refractivity contribution >= 4 is 22.3 Å². The molecule has 7 heteroatoms. The summed E-state index contributed by atoms with van der Waals surface area (Å²) in [6.45, 7) is 3.64. The smallest absolute Gasteiger partial charge is 0.185 e. The van der Waals surface area contributed by atoms with Crippen molar-refractivity contribution in [2.75, 3.05) is 36.5 Å². The van der Waals surface area contributed by atoms with Gasteiger partial charge in [-0.25, -0.2) is 15.0 Å². The molecule has 0 atom stereocenters. The summed E-state index contributed by atoms with van der Waals surface area (Å²) in [5.41, 5.74) is 1.25. The fraction of sp³-hybridized carbons (Fsp3) is 0.562. The number of ether oxygens (including phenoxy) is 1. The highest BCUT2D eigenvalue weighted by Gasteiger charge is 2.26. The van der Waals surface area contributed by atoms with Crippen LogP contribution in [0.25, 0.3) is 0 Å². The molecule has 0 aromatic carbocycles. The Balaban J connectivity index is 1.40. The van der Waals surface area contributed by atoms with Crippen LogP contribution in [0.2, 0.25) is 0 Å². The number of thiazole rings is 1. The number of nitrogens with zero attached hydrogens (tertiary/aromatic N) is 5. The molecule has 1 fully saturated rings. The van der Waals surface area contributed by atoms with Gasteiger partial charge in [0.1, 0.15) is 12.1 Å². The molecular formula is C16H21N5OS. The van der Waals surface area contributed by atoms with Gasteiger partial charge in [-0.1, -0.05) is 11.3 Å². The lowest BCUT2D eigenvalue weighted by molar-refractivity contribution is 0.112. The van der Waals surface area contributed by atoms with E-state index in [2.05, 4.69) is 26.8 Å². The summed E-state index contributed by atoms with van der Waals surface area (Å²) in [7, 11) is 2.13. The maximum Gasteiger partial charge on any atom is 0.185 e. The summed E-state index contributed by atoms with van der Waals surface area (Å²) in [6.07, 6.45) is 6.63. The number of fused-ring (bicyclic) bond motifs is 1. The monoisotopic (exact) mass is 331 g/mol. The maximum atomic E-state index is 5.53. The van der Waals surface area contributed by atoms with Gasteiger partial charge >= 0.3 is 0 Å². The minimum atomic E-state index is 0.527. The van der Waals surface area contributed by atoms with Gasteiger partial charge in [-0.2, -0.15) is 0 Å². The standard InChI is InChI=1S/C16H21N5OS/c1-20(15-2-6-17-11-18-15)12-3-7-21(8-4-12)16-19-13-5-9-22-10-14(13)23-16/h2,6,11-12H,3-5,7-10H2,1H3. The van der Waals surface area contributed by atoms with E-state index >= 15 is 0 Å². The number of piperidine rings is 1.